The number of aliphatic hydroxyl groups excluding tert-OH is 1. The van der Waals surface area contributed by atoms with Crippen molar-refractivity contribution in [2.75, 3.05) is 18.5 Å². The third-order valence-corrected chi connectivity index (χ3v) is 5.44. The number of anilines is 2. The van der Waals surface area contributed by atoms with Gasteiger partial charge in [0, 0.05) is 24.8 Å². The number of alkyl halides is 2. The number of nitriles is 1. The molecular weight excluding hydrogens is 445 g/mol. The molecule has 0 bridgehead atoms. The number of carbonyl (C=O) groups is 2. The van der Waals surface area contributed by atoms with Gasteiger partial charge in [-0.1, -0.05) is 0 Å². The molecule has 3 atom stereocenters. The normalized spacial score (nSPS) is 20.8. The summed E-state index contributed by atoms with van der Waals surface area (Å²) in [7, 11) is 0. The number of aromatic nitrogens is 2. The van der Waals surface area contributed by atoms with Crippen molar-refractivity contribution in [3.8, 4) is 6.07 Å². The number of nitrogens with one attached hydrogen (secondary N) is 1. The van der Waals surface area contributed by atoms with Crippen LogP contribution in [0, 0.1) is 23.1 Å². The van der Waals surface area contributed by atoms with Crippen LogP contribution < -0.4 is 16.2 Å². The highest BCUT2D eigenvalue weighted by atomic mass is 19.3. The standard InChI is InChI=1S/C20H21F3N6O4/c21-12-1-3-13(4-2-12)26-18-14(17(25)31)9-29(27-18)16-11(8-24)5-6-28(19(32)33)15(16)7-20(22,23)10-30/h1-4,9,11,15-16,30H,5-7,10H2,(H2,25,31)(H,26,27)(H,32,33)/p-1. The summed E-state index contributed by atoms with van der Waals surface area (Å²) in [4.78, 5) is 24.3. The Kier molecular flexibility index (Phi) is 6.78. The number of halogens is 3. The lowest BCUT2D eigenvalue weighted by Crippen LogP contribution is -2.57. The Balaban J connectivity index is 2.07. The summed E-state index contributed by atoms with van der Waals surface area (Å²) in [6.07, 6.45) is -1.69. The van der Waals surface area contributed by atoms with E-state index in [0.717, 1.165) is 23.0 Å². The van der Waals surface area contributed by atoms with Crippen LogP contribution in [0.3, 0.4) is 0 Å². The molecule has 1 fully saturated rings. The Morgan fingerprint density at radius 1 is 1.36 bits per heavy atom. The zero-order chi connectivity index (χ0) is 24.3. The number of piperidine rings is 1. The van der Waals surface area contributed by atoms with Gasteiger partial charge in [0.25, 0.3) is 11.8 Å². The van der Waals surface area contributed by atoms with Gasteiger partial charge in [0.15, 0.2) is 5.82 Å². The van der Waals surface area contributed by atoms with Gasteiger partial charge in [-0.3, -0.25) is 9.48 Å². The molecule has 3 unspecified atom stereocenters. The van der Waals surface area contributed by atoms with Crippen molar-refractivity contribution in [2.45, 2.75) is 30.8 Å². The first-order valence-electron chi connectivity index (χ1n) is 9.83. The molecule has 10 nitrogen and oxygen atoms in total. The van der Waals surface area contributed by atoms with Crippen LogP contribution in [0.1, 0.15) is 29.2 Å². The summed E-state index contributed by atoms with van der Waals surface area (Å²) in [5, 5.41) is 37.2. The SMILES string of the molecule is N#CC1CCN(C(=O)[O-])C(CC(F)(F)CO)C1n1cc(C(N)=O)c(Nc2ccc(F)cc2)n1. The van der Waals surface area contributed by atoms with Crippen molar-refractivity contribution < 1.29 is 33.0 Å². The van der Waals surface area contributed by atoms with E-state index in [-0.39, 0.29) is 24.3 Å². The minimum absolute atomic E-state index is 0.00281. The molecule has 4 N–H and O–H groups in total. The van der Waals surface area contributed by atoms with Crippen LogP contribution in [0.2, 0.25) is 0 Å². The fraction of sp³-hybridized carbons (Fsp3) is 0.400. The maximum atomic E-state index is 14.1. The monoisotopic (exact) mass is 465 g/mol. The molecule has 1 aliphatic heterocycles. The van der Waals surface area contributed by atoms with Crippen LogP contribution in [-0.4, -0.2) is 56.9 Å². The summed E-state index contributed by atoms with van der Waals surface area (Å²) in [6, 6.07) is 4.28. The second kappa shape index (κ2) is 9.37. The summed E-state index contributed by atoms with van der Waals surface area (Å²) in [5.41, 5.74) is 5.59. The fourth-order valence-electron chi connectivity index (χ4n) is 3.88. The molecule has 2 heterocycles. The Bertz CT molecular complexity index is 1070. The molecule has 33 heavy (non-hydrogen) atoms. The van der Waals surface area contributed by atoms with Crippen LogP contribution in [0.15, 0.2) is 30.5 Å². The molecule has 176 valence electrons. The molecule has 3 rings (SSSR count). The molecule has 0 spiro atoms. The largest absolute Gasteiger partial charge is 0.530 e. The third kappa shape index (κ3) is 5.17. The quantitative estimate of drug-likeness (QED) is 0.549. The van der Waals surface area contributed by atoms with E-state index >= 15 is 0 Å². The number of carbonyl (C=O) groups excluding carboxylic acids is 2. The summed E-state index contributed by atoms with van der Waals surface area (Å²) in [5.74, 6) is -6.12. The maximum Gasteiger partial charge on any atom is 0.272 e. The Labute approximate surface area is 186 Å². The van der Waals surface area contributed by atoms with E-state index < -0.39 is 54.8 Å². The number of hydrogen-bond donors (Lipinski definition) is 3. The van der Waals surface area contributed by atoms with Gasteiger partial charge in [-0.25, -0.2) is 13.2 Å². The highest BCUT2D eigenvalue weighted by Crippen LogP contribution is 2.39. The number of hydrogen-bond acceptors (Lipinski definition) is 7. The summed E-state index contributed by atoms with van der Waals surface area (Å²) >= 11 is 0. The molecule has 1 aromatic carbocycles. The lowest BCUT2D eigenvalue weighted by Gasteiger charge is -2.45. The second-order valence-electron chi connectivity index (χ2n) is 7.63. The van der Waals surface area contributed by atoms with Crippen molar-refractivity contribution in [3.63, 3.8) is 0 Å². The Morgan fingerprint density at radius 2 is 2.03 bits per heavy atom. The van der Waals surface area contributed by atoms with Gasteiger partial charge >= 0.3 is 0 Å². The first-order chi connectivity index (χ1) is 15.6. The molecule has 0 aliphatic carbocycles. The Morgan fingerprint density at radius 3 is 2.58 bits per heavy atom. The zero-order valence-corrected chi connectivity index (χ0v) is 17.1. The van der Waals surface area contributed by atoms with E-state index in [1.165, 1.54) is 12.1 Å². The molecule has 2 amide bonds. The molecular formula is C20H20F3N6O4-. The number of primary amides is 1. The number of nitrogens with two attached hydrogens (primary N) is 1. The number of carboxylic acid groups (broad SMARTS) is 1. The van der Waals surface area contributed by atoms with E-state index in [1.54, 1.807) is 0 Å². The molecule has 1 aliphatic rings. The van der Waals surface area contributed by atoms with Crippen LogP contribution in [0.5, 0.6) is 0 Å². The second-order valence-corrected chi connectivity index (χ2v) is 7.63. The third-order valence-electron chi connectivity index (χ3n) is 5.44. The number of benzene rings is 1. The number of nitrogens with zero attached hydrogens (tertiary/aromatic N) is 4. The van der Waals surface area contributed by atoms with Crippen LogP contribution >= 0.6 is 0 Å². The van der Waals surface area contributed by atoms with Gasteiger partial charge in [0.2, 0.25) is 0 Å². The number of amides is 2. The molecule has 1 aromatic heterocycles. The minimum Gasteiger partial charge on any atom is -0.530 e. The fourth-order valence-corrected chi connectivity index (χ4v) is 3.88. The zero-order valence-electron chi connectivity index (χ0n) is 17.1. The average Bonchev–Trinajstić information content (AvgIpc) is 3.18. The van der Waals surface area contributed by atoms with Crippen molar-refractivity contribution in [2.24, 2.45) is 11.7 Å². The highest BCUT2D eigenvalue weighted by molar-refractivity contribution is 5.98. The highest BCUT2D eigenvalue weighted by Gasteiger charge is 2.46. The first-order valence-corrected chi connectivity index (χ1v) is 9.83. The van der Waals surface area contributed by atoms with Crippen LogP contribution in [-0.2, 0) is 0 Å². The van der Waals surface area contributed by atoms with E-state index in [1.807, 2.05) is 6.07 Å². The van der Waals surface area contributed by atoms with Crippen LogP contribution in [0.25, 0.3) is 0 Å². The van der Waals surface area contributed by atoms with E-state index in [9.17, 15) is 33.1 Å². The predicted molar refractivity (Wildman–Crippen MR) is 106 cm³/mol. The van der Waals surface area contributed by atoms with E-state index in [2.05, 4.69) is 10.4 Å². The van der Waals surface area contributed by atoms with Gasteiger partial charge in [-0.05, 0) is 30.7 Å². The van der Waals surface area contributed by atoms with Crippen molar-refractivity contribution in [1.82, 2.24) is 14.7 Å². The van der Waals surface area contributed by atoms with Crippen LogP contribution in [0.4, 0.5) is 29.5 Å². The summed E-state index contributed by atoms with van der Waals surface area (Å²) in [6.45, 7) is -1.76. The van der Waals surface area contributed by atoms with Crippen molar-refractivity contribution >= 4 is 23.5 Å². The molecule has 0 radical (unpaired) electrons. The van der Waals surface area contributed by atoms with E-state index in [4.69, 9.17) is 10.8 Å². The number of rotatable bonds is 7. The van der Waals surface area contributed by atoms with Gasteiger partial charge in [0.1, 0.15) is 24.1 Å². The molecule has 2 aromatic rings. The lowest BCUT2D eigenvalue weighted by molar-refractivity contribution is -0.272. The average molecular weight is 465 g/mol. The summed E-state index contributed by atoms with van der Waals surface area (Å²) < 4.78 is 42.4. The maximum absolute atomic E-state index is 14.1. The topological polar surface area (TPSA) is 160 Å². The van der Waals surface area contributed by atoms with Crippen molar-refractivity contribution in [3.05, 3.63) is 41.8 Å². The number of aliphatic hydroxyl groups is 1. The van der Waals surface area contributed by atoms with Gasteiger partial charge in [-0.15, -0.1) is 0 Å². The molecule has 0 saturated carbocycles. The minimum atomic E-state index is -3.65. The van der Waals surface area contributed by atoms with E-state index in [0.29, 0.717) is 10.6 Å². The predicted octanol–water partition coefficient (Wildman–Crippen LogP) is 0.981. The molecule has 1 saturated heterocycles. The molecule has 13 heteroatoms. The van der Waals surface area contributed by atoms with Gasteiger partial charge in [0.05, 0.1) is 24.1 Å². The first kappa shape index (κ1) is 23.9. The Hall–Kier alpha value is -3.79. The van der Waals surface area contributed by atoms with Gasteiger partial charge < -0.3 is 31.0 Å². The lowest BCUT2D eigenvalue weighted by atomic mass is 9.83. The van der Waals surface area contributed by atoms with Crippen molar-refractivity contribution in [1.29, 1.82) is 5.26 Å². The van der Waals surface area contributed by atoms with Gasteiger partial charge in [-0.2, -0.15) is 10.4 Å². The number of likely N-dealkylation sites (tertiary alicyclic amines) is 1. The smallest absolute Gasteiger partial charge is 0.272 e.